The molecule has 0 aromatic heterocycles. The number of rotatable bonds is 6. The van der Waals surface area contributed by atoms with E-state index in [1.54, 1.807) is 0 Å². The lowest BCUT2D eigenvalue weighted by Gasteiger charge is -2.30. The smallest absolute Gasteiger partial charge is 0.220 e. The number of hydrogen-bond acceptors (Lipinski definition) is 2. The first-order valence-corrected chi connectivity index (χ1v) is 6.76. The standard InChI is InChI=1S/C13H26N2O/c1-3-4-5-6-9-13(16)15-12-8-7-10-14-11(12)2/h11-12,14H,3-10H2,1-2H3,(H,15,16). The van der Waals surface area contributed by atoms with Crippen molar-refractivity contribution in [3.63, 3.8) is 0 Å². The van der Waals surface area contributed by atoms with Crippen LogP contribution in [0.4, 0.5) is 0 Å². The monoisotopic (exact) mass is 226 g/mol. The van der Waals surface area contributed by atoms with E-state index in [-0.39, 0.29) is 5.91 Å². The quantitative estimate of drug-likeness (QED) is 0.682. The van der Waals surface area contributed by atoms with E-state index in [0.717, 1.165) is 19.4 Å². The van der Waals surface area contributed by atoms with Crippen LogP contribution >= 0.6 is 0 Å². The molecule has 1 rings (SSSR count). The van der Waals surface area contributed by atoms with Gasteiger partial charge in [0.25, 0.3) is 0 Å². The topological polar surface area (TPSA) is 41.1 Å². The zero-order valence-electron chi connectivity index (χ0n) is 10.7. The van der Waals surface area contributed by atoms with Crippen LogP contribution in [0.5, 0.6) is 0 Å². The lowest BCUT2D eigenvalue weighted by atomic mass is 9.99. The second-order valence-corrected chi connectivity index (χ2v) is 4.87. The van der Waals surface area contributed by atoms with Gasteiger partial charge in [-0.15, -0.1) is 0 Å². The minimum atomic E-state index is 0.233. The molecule has 0 spiro atoms. The second-order valence-electron chi connectivity index (χ2n) is 4.87. The van der Waals surface area contributed by atoms with E-state index in [1.165, 1.54) is 25.7 Å². The third-order valence-corrected chi connectivity index (χ3v) is 3.37. The number of carbonyl (C=O) groups is 1. The minimum absolute atomic E-state index is 0.233. The van der Waals surface area contributed by atoms with Crippen LogP contribution in [0.1, 0.15) is 58.8 Å². The molecule has 2 unspecified atom stereocenters. The number of unbranched alkanes of at least 4 members (excludes halogenated alkanes) is 3. The van der Waals surface area contributed by atoms with E-state index >= 15 is 0 Å². The molecule has 94 valence electrons. The van der Waals surface area contributed by atoms with Crippen molar-refractivity contribution >= 4 is 5.91 Å². The van der Waals surface area contributed by atoms with Gasteiger partial charge >= 0.3 is 0 Å². The Balaban J connectivity index is 2.12. The van der Waals surface area contributed by atoms with Crippen molar-refractivity contribution in [3.05, 3.63) is 0 Å². The predicted octanol–water partition coefficient (Wildman–Crippen LogP) is 2.21. The maximum absolute atomic E-state index is 11.7. The zero-order chi connectivity index (χ0) is 11.8. The molecular weight excluding hydrogens is 200 g/mol. The maximum atomic E-state index is 11.7. The number of piperidine rings is 1. The Labute approximate surface area is 99.4 Å². The molecule has 0 aromatic rings. The molecule has 0 aliphatic carbocycles. The molecule has 3 heteroatoms. The number of hydrogen-bond donors (Lipinski definition) is 2. The van der Waals surface area contributed by atoms with E-state index in [4.69, 9.17) is 0 Å². The van der Waals surface area contributed by atoms with Crippen LogP contribution in [0.15, 0.2) is 0 Å². The fourth-order valence-electron chi connectivity index (χ4n) is 2.23. The highest BCUT2D eigenvalue weighted by molar-refractivity contribution is 5.76. The minimum Gasteiger partial charge on any atom is -0.352 e. The highest BCUT2D eigenvalue weighted by Gasteiger charge is 2.21. The number of amides is 1. The molecule has 1 aliphatic heterocycles. The summed E-state index contributed by atoms with van der Waals surface area (Å²) in [6.45, 7) is 5.43. The van der Waals surface area contributed by atoms with Gasteiger partial charge in [-0.25, -0.2) is 0 Å². The SMILES string of the molecule is CCCCCCC(=O)NC1CCCNC1C. The molecular formula is C13H26N2O. The molecule has 1 aliphatic rings. The highest BCUT2D eigenvalue weighted by atomic mass is 16.1. The summed E-state index contributed by atoms with van der Waals surface area (Å²) >= 11 is 0. The molecule has 2 N–H and O–H groups in total. The molecule has 1 amide bonds. The lowest BCUT2D eigenvalue weighted by molar-refractivity contribution is -0.122. The predicted molar refractivity (Wildman–Crippen MR) is 67.4 cm³/mol. The summed E-state index contributed by atoms with van der Waals surface area (Å²) in [5, 5.41) is 6.54. The van der Waals surface area contributed by atoms with Gasteiger partial charge in [-0.3, -0.25) is 4.79 Å². The average Bonchev–Trinajstić information content (AvgIpc) is 2.28. The van der Waals surface area contributed by atoms with Crippen molar-refractivity contribution in [3.8, 4) is 0 Å². The summed E-state index contributed by atoms with van der Waals surface area (Å²) in [6.07, 6.45) is 7.68. The summed E-state index contributed by atoms with van der Waals surface area (Å²) < 4.78 is 0. The van der Waals surface area contributed by atoms with Gasteiger partial charge < -0.3 is 10.6 Å². The van der Waals surface area contributed by atoms with E-state index in [0.29, 0.717) is 18.5 Å². The van der Waals surface area contributed by atoms with E-state index in [1.807, 2.05) is 0 Å². The molecule has 2 atom stereocenters. The summed E-state index contributed by atoms with van der Waals surface area (Å²) in [7, 11) is 0. The average molecular weight is 226 g/mol. The van der Waals surface area contributed by atoms with Crippen molar-refractivity contribution in [1.82, 2.24) is 10.6 Å². The van der Waals surface area contributed by atoms with Crippen LogP contribution in [-0.4, -0.2) is 24.5 Å². The molecule has 0 bridgehead atoms. The van der Waals surface area contributed by atoms with Crippen LogP contribution in [0, 0.1) is 0 Å². The number of carbonyl (C=O) groups excluding carboxylic acids is 1. The Morgan fingerprint density at radius 3 is 2.88 bits per heavy atom. The third kappa shape index (κ3) is 4.97. The molecule has 0 aromatic carbocycles. The fraction of sp³-hybridized carbons (Fsp3) is 0.923. The molecule has 1 fully saturated rings. The second kappa shape index (κ2) is 7.66. The van der Waals surface area contributed by atoms with Crippen LogP contribution in [-0.2, 0) is 4.79 Å². The zero-order valence-corrected chi connectivity index (χ0v) is 10.7. The van der Waals surface area contributed by atoms with Crippen molar-refractivity contribution in [2.75, 3.05) is 6.54 Å². The van der Waals surface area contributed by atoms with Gasteiger partial charge in [0.15, 0.2) is 0 Å². The first-order chi connectivity index (χ1) is 7.74. The Kier molecular flexibility index (Phi) is 6.46. The third-order valence-electron chi connectivity index (χ3n) is 3.37. The Bertz CT molecular complexity index is 206. The largest absolute Gasteiger partial charge is 0.352 e. The fourth-order valence-corrected chi connectivity index (χ4v) is 2.23. The normalized spacial score (nSPS) is 25.4. The number of nitrogens with one attached hydrogen (secondary N) is 2. The molecule has 0 saturated carbocycles. The molecule has 1 heterocycles. The van der Waals surface area contributed by atoms with Gasteiger partial charge in [0.05, 0.1) is 0 Å². The van der Waals surface area contributed by atoms with Crippen LogP contribution in [0.2, 0.25) is 0 Å². The highest BCUT2D eigenvalue weighted by Crippen LogP contribution is 2.09. The Hall–Kier alpha value is -0.570. The Morgan fingerprint density at radius 2 is 2.19 bits per heavy atom. The van der Waals surface area contributed by atoms with Crippen molar-refractivity contribution in [1.29, 1.82) is 0 Å². The van der Waals surface area contributed by atoms with Crippen LogP contribution in [0.25, 0.3) is 0 Å². The van der Waals surface area contributed by atoms with Gasteiger partial charge in [0.2, 0.25) is 5.91 Å². The van der Waals surface area contributed by atoms with Gasteiger partial charge in [0.1, 0.15) is 0 Å². The van der Waals surface area contributed by atoms with Gasteiger partial charge in [-0.05, 0) is 32.7 Å². The lowest BCUT2D eigenvalue weighted by Crippen LogP contribution is -2.51. The van der Waals surface area contributed by atoms with Crippen molar-refractivity contribution in [2.45, 2.75) is 70.9 Å². The molecule has 16 heavy (non-hydrogen) atoms. The summed E-state index contributed by atoms with van der Waals surface area (Å²) in [5.41, 5.74) is 0. The van der Waals surface area contributed by atoms with E-state index in [2.05, 4.69) is 24.5 Å². The maximum Gasteiger partial charge on any atom is 0.220 e. The van der Waals surface area contributed by atoms with Crippen LogP contribution in [0.3, 0.4) is 0 Å². The van der Waals surface area contributed by atoms with Gasteiger partial charge in [0, 0.05) is 18.5 Å². The van der Waals surface area contributed by atoms with Crippen LogP contribution < -0.4 is 10.6 Å². The van der Waals surface area contributed by atoms with Crippen molar-refractivity contribution < 1.29 is 4.79 Å². The van der Waals surface area contributed by atoms with Gasteiger partial charge in [-0.2, -0.15) is 0 Å². The summed E-state index contributed by atoms with van der Waals surface area (Å²) in [5.74, 6) is 0.233. The Morgan fingerprint density at radius 1 is 1.38 bits per heavy atom. The molecule has 0 radical (unpaired) electrons. The first kappa shape index (κ1) is 13.5. The van der Waals surface area contributed by atoms with Crippen molar-refractivity contribution in [2.24, 2.45) is 0 Å². The molecule has 1 saturated heterocycles. The van der Waals surface area contributed by atoms with Gasteiger partial charge in [-0.1, -0.05) is 26.2 Å². The van der Waals surface area contributed by atoms with E-state index < -0.39 is 0 Å². The van der Waals surface area contributed by atoms with E-state index in [9.17, 15) is 4.79 Å². The summed E-state index contributed by atoms with van der Waals surface area (Å²) in [4.78, 5) is 11.7. The molecule has 3 nitrogen and oxygen atoms in total. The first-order valence-electron chi connectivity index (χ1n) is 6.76. The summed E-state index contributed by atoms with van der Waals surface area (Å²) in [6, 6.07) is 0.765.